The van der Waals surface area contributed by atoms with Crippen LogP contribution in [0.2, 0.25) is 4.34 Å². The molecule has 4 heterocycles. The van der Waals surface area contributed by atoms with E-state index in [1.54, 1.807) is 30.3 Å². The number of hydrogen-bond acceptors (Lipinski definition) is 5. The van der Waals surface area contributed by atoms with Gasteiger partial charge in [0.15, 0.2) is 5.69 Å². The Kier molecular flexibility index (Phi) is 6.62. The van der Waals surface area contributed by atoms with Crippen molar-refractivity contribution in [3.63, 3.8) is 0 Å². The van der Waals surface area contributed by atoms with Crippen molar-refractivity contribution in [3.8, 4) is 16.2 Å². The van der Waals surface area contributed by atoms with Crippen molar-refractivity contribution in [3.05, 3.63) is 111 Å². The van der Waals surface area contributed by atoms with Crippen molar-refractivity contribution in [1.29, 1.82) is 0 Å². The van der Waals surface area contributed by atoms with E-state index >= 15 is 0 Å². The summed E-state index contributed by atoms with van der Waals surface area (Å²) >= 11 is 7.18. The van der Waals surface area contributed by atoms with E-state index in [1.165, 1.54) is 23.2 Å². The maximum Gasteiger partial charge on any atom is 0.433 e. The number of benzene rings is 2. The molecule has 0 bridgehead atoms. The number of phenolic OH excluding ortho intramolecular Hbond substituents is 1. The lowest BCUT2D eigenvalue weighted by molar-refractivity contribution is -0.142. The Bertz CT molecular complexity index is 1860. The summed E-state index contributed by atoms with van der Waals surface area (Å²) in [5.41, 5.74) is 3.11. The van der Waals surface area contributed by atoms with Gasteiger partial charge in [-0.25, -0.2) is 9.52 Å². The number of carbonyl (C=O) groups is 1. The molecule has 1 atom stereocenters. The number of halogens is 4. The first-order valence-electron chi connectivity index (χ1n) is 12.6. The second-order valence-corrected chi connectivity index (χ2v) is 11.6. The van der Waals surface area contributed by atoms with Crippen molar-refractivity contribution in [2.45, 2.75) is 32.5 Å². The number of thiophene rings is 1. The lowest BCUT2D eigenvalue weighted by atomic mass is 9.94. The summed E-state index contributed by atoms with van der Waals surface area (Å²) in [5, 5.41) is 20.6. The van der Waals surface area contributed by atoms with Crippen LogP contribution < -0.4 is 0 Å². The van der Waals surface area contributed by atoms with E-state index in [2.05, 4.69) is 10.2 Å². The van der Waals surface area contributed by atoms with Crippen LogP contribution >= 0.6 is 22.9 Å². The molecule has 2 aromatic carbocycles. The van der Waals surface area contributed by atoms with Gasteiger partial charge in [0, 0.05) is 22.4 Å². The van der Waals surface area contributed by atoms with Crippen molar-refractivity contribution < 1.29 is 23.1 Å². The number of aromatic hydroxyl groups is 1. The Morgan fingerprint density at radius 3 is 2.54 bits per heavy atom. The van der Waals surface area contributed by atoms with Crippen molar-refractivity contribution in [2.75, 3.05) is 0 Å². The number of fused-ring (bicyclic) bond motifs is 1. The van der Waals surface area contributed by atoms with Gasteiger partial charge in [-0.1, -0.05) is 47.5 Å². The summed E-state index contributed by atoms with van der Waals surface area (Å²) in [7, 11) is 0. The molecular weight excluding hydrogens is 573 g/mol. The number of para-hydroxylation sites is 1. The number of carbonyl (C=O) groups excluding carboxylic acids is 1. The molecule has 11 heteroatoms. The molecule has 1 N–H and O–H groups in total. The van der Waals surface area contributed by atoms with Gasteiger partial charge < -0.3 is 5.11 Å². The summed E-state index contributed by atoms with van der Waals surface area (Å²) in [4.78, 5) is 14.5. The van der Waals surface area contributed by atoms with Gasteiger partial charge in [0.2, 0.25) is 0 Å². The minimum atomic E-state index is -4.73. The van der Waals surface area contributed by atoms with Crippen LogP contribution in [-0.2, 0) is 6.18 Å². The summed E-state index contributed by atoms with van der Waals surface area (Å²) in [6.07, 6.45) is -4.43. The molecule has 0 spiro atoms. The van der Waals surface area contributed by atoms with Gasteiger partial charge >= 0.3 is 6.18 Å². The molecule has 0 radical (unpaired) electrons. The first kappa shape index (κ1) is 27.0. The quantitative estimate of drug-likeness (QED) is 0.229. The number of aryl methyl sites for hydroxylation is 2. The molecule has 208 valence electrons. The van der Waals surface area contributed by atoms with Crippen LogP contribution in [0.1, 0.15) is 50.9 Å². The maximum atomic E-state index is 14.1. The standard InChI is InChI=1S/C30H22ClF3N4O2S/c1-16-7-8-17(2)21(11-16)22-15-24(20-5-3-4-6-25(20)39)38(35-22)29(40)23-14-19-12-18(26-9-10-28(31)41-26)13-27(30(32,33)34)37(19)36-23/h3-14,24,39H,15H2,1-2H3/t24-/m0/s1. The fourth-order valence-corrected chi connectivity index (χ4v) is 6.09. The Balaban J connectivity index is 1.47. The van der Waals surface area contributed by atoms with E-state index in [9.17, 15) is 23.1 Å². The van der Waals surface area contributed by atoms with Crippen molar-refractivity contribution >= 4 is 40.1 Å². The van der Waals surface area contributed by atoms with Gasteiger partial charge in [0.25, 0.3) is 5.91 Å². The van der Waals surface area contributed by atoms with Gasteiger partial charge in [-0.15, -0.1) is 11.3 Å². The van der Waals surface area contributed by atoms with Crippen molar-refractivity contribution in [2.24, 2.45) is 5.10 Å². The number of hydrazone groups is 1. The molecular formula is C30H22ClF3N4O2S. The molecule has 6 rings (SSSR count). The Morgan fingerprint density at radius 2 is 1.83 bits per heavy atom. The molecule has 41 heavy (non-hydrogen) atoms. The molecule has 5 aromatic rings. The smallest absolute Gasteiger partial charge is 0.433 e. The Labute approximate surface area is 241 Å². The monoisotopic (exact) mass is 594 g/mol. The third-order valence-corrected chi connectivity index (χ3v) is 8.33. The van der Waals surface area contributed by atoms with E-state index in [-0.39, 0.29) is 17.0 Å². The fraction of sp³-hybridized carbons (Fsp3) is 0.167. The number of amides is 1. The molecule has 3 aromatic heterocycles. The van der Waals surface area contributed by atoms with E-state index in [4.69, 9.17) is 11.6 Å². The van der Waals surface area contributed by atoms with E-state index in [0.717, 1.165) is 38.6 Å². The number of hydrogen-bond donors (Lipinski definition) is 1. The summed E-state index contributed by atoms with van der Waals surface area (Å²) < 4.78 is 43.6. The van der Waals surface area contributed by atoms with E-state index in [0.29, 0.717) is 32.5 Å². The summed E-state index contributed by atoms with van der Waals surface area (Å²) in [6.45, 7) is 3.89. The van der Waals surface area contributed by atoms with E-state index in [1.807, 2.05) is 32.0 Å². The van der Waals surface area contributed by atoms with Crippen LogP contribution in [0, 0.1) is 13.8 Å². The van der Waals surface area contributed by atoms with Crippen LogP contribution in [0.15, 0.2) is 77.9 Å². The highest BCUT2D eigenvalue weighted by Crippen LogP contribution is 2.40. The van der Waals surface area contributed by atoms with E-state index < -0.39 is 23.8 Å². The minimum Gasteiger partial charge on any atom is -0.508 e. The zero-order chi connectivity index (χ0) is 29.1. The maximum absolute atomic E-state index is 14.1. The van der Waals surface area contributed by atoms with Gasteiger partial charge in [-0.2, -0.15) is 23.4 Å². The molecule has 0 aliphatic carbocycles. The van der Waals surface area contributed by atoms with Crippen LogP contribution in [0.5, 0.6) is 5.75 Å². The van der Waals surface area contributed by atoms with Gasteiger partial charge in [-0.3, -0.25) is 4.79 Å². The number of rotatable bonds is 4. The zero-order valence-electron chi connectivity index (χ0n) is 21.8. The zero-order valence-corrected chi connectivity index (χ0v) is 23.3. The van der Waals surface area contributed by atoms with Crippen LogP contribution in [0.3, 0.4) is 0 Å². The highest BCUT2D eigenvalue weighted by atomic mass is 35.5. The number of nitrogens with zero attached hydrogens (tertiary/aromatic N) is 4. The topological polar surface area (TPSA) is 70.2 Å². The third kappa shape index (κ3) is 4.98. The van der Waals surface area contributed by atoms with Crippen molar-refractivity contribution in [1.82, 2.24) is 14.6 Å². The number of pyridine rings is 1. The van der Waals surface area contributed by atoms with Crippen LogP contribution in [0.4, 0.5) is 13.2 Å². The number of alkyl halides is 3. The molecule has 1 aliphatic heterocycles. The summed E-state index contributed by atoms with van der Waals surface area (Å²) in [5.74, 6) is -0.697. The van der Waals surface area contributed by atoms with Gasteiger partial charge in [0.05, 0.1) is 21.6 Å². The molecule has 0 saturated heterocycles. The lowest BCUT2D eigenvalue weighted by Gasteiger charge is -2.21. The second-order valence-electron chi connectivity index (χ2n) is 9.89. The average molecular weight is 595 g/mol. The number of phenols is 1. The first-order valence-corrected chi connectivity index (χ1v) is 13.8. The SMILES string of the molecule is Cc1ccc(C)c(C2=NN(C(=O)c3cc4cc(-c5ccc(Cl)s5)cc(C(F)(F)F)n4n3)[C@H](c3ccccc3O)C2)c1. The fourth-order valence-electron chi connectivity index (χ4n) is 5.05. The number of aromatic nitrogens is 2. The first-order chi connectivity index (χ1) is 19.5. The lowest BCUT2D eigenvalue weighted by Crippen LogP contribution is -2.27. The van der Waals surface area contributed by atoms with Gasteiger partial charge in [0.1, 0.15) is 11.4 Å². The summed E-state index contributed by atoms with van der Waals surface area (Å²) in [6, 6.07) is 19.0. The molecule has 0 fully saturated rings. The predicted octanol–water partition coefficient (Wildman–Crippen LogP) is 8.05. The largest absolute Gasteiger partial charge is 0.508 e. The minimum absolute atomic E-state index is 0.0127. The molecule has 0 unspecified atom stereocenters. The third-order valence-electron chi connectivity index (χ3n) is 7.05. The Hall–Kier alpha value is -4.15. The molecule has 1 aliphatic rings. The second kappa shape index (κ2) is 10.0. The highest BCUT2D eigenvalue weighted by Gasteiger charge is 2.38. The molecule has 6 nitrogen and oxygen atoms in total. The Morgan fingerprint density at radius 1 is 1.05 bits per heavy atom. The van der Waals surface area contributed by atoms with Crippen LogP contribution in [0.25, 0.3) is 16.0 Å². The molecule has 0 saturated carbocycles. The van der Waals surface area contributed by atoms with Crippen LogP contribution in [-0.4, -0.2) is 31.3 Å². The average Bonchev–Trinajstić information content (AvgIpc) is 3.67. The van der Waals surface area contributed by atoms with Gasteiger partial charge in [-0.05, 0) is 67.4 Å². The predicted molar refractivity (Wildman–Crippen MR) is 153 cm³/mol. The highest BCUT2D eigenvalue weighted by molar-refractivity contribution is 7.19. The molecule has 1 amide bonds. The normalized spacial score (nSPS) is 15.5.